The number of aromatic carboxylic acids is 1. The maximum atomic E-state index is 13.3. The summed E-state index contributed by atoms with van der Waals surface area (Å²) in [6.07, 6.45) is -4.72. The summed E-state index contributed by atoms with van der Waals surface area (Å²) in [6, 6.07) is 13.3. The lowest BCUT2D eigenvalue weighted by atomic mass is 10.0. The van der Waals surface area contributed by atoms with E-state index >= 15 is 0 Å². The molecule has 0 aromatic heterocycles. The number of nitrogens with one attached hydrogen (secondary N) is 1. The minimum absolute atomic E-state index is 0.00833. The van der Waals surface area contributed by atoms with E-state index in [-0.39, 0.29) is 28.3 Å². The fourth-order valence-corrected chi connectivity index (χ4v) is 4.69. The van der Waals surface area contributed by atoms with E-state index < -0.39 is 52.6 Å². The molecule has 3 aromatic carbocycles. The molecule has 0 aliphatic rings. The van der Waals surface area contributed by atoms with Crippen LogP contribution in [0.3, 0.4) is 0 Å². The average Bonchev–Trinajstić information content (AvgIpc) is 2.84. The zero-order valence-electron chi connectivity index (χ0n) is 18.6. The molecule has 0 radical (unpaired) electrons. The minimum atomic E-state index is -4.72. The van der Waals surface area contributed by atoms with Crippen LogP contribution in [0.5, 0.6) is 5.75 Å². The van der Waals surface area contributed by atoms with Crippen LogP contribution in [0, 0.1) is 0 Å². The van der Waals surface area contributed by atoms with Gasteiger partial charge in [0.05, 0.1) is 34.9 Å². The van der Waals surface area contributed by atoms with Crippen LogP contribution in [0.25, 0.3) is 0 Å². The molecule has 0 spiro atoms. The van der Waals surface area contributed by atoms with Crippen LogP contribution in [0.1, 0.15) is 33.0 Å². The lowest BCUT2D eigenvalue weighted by Crippen LogP contribution is -2.19. The maximum absolute atomic E-state index is 13.3. The number of halogens is 3. The number of anilines is 1. The Morgan fingerprint density at radius 2 is 1.61 bits per heavy atom. The molecule has 3 aromatic rings. The summed E-state index contributed by atoms with van der Waals surface area (Å²) in [5.41, 5.74) is -0.769. The predicted molar refractivity (Wildman–Crippen MR) is 123 cm³/mol. The quantitative estimate of drug-likeness (QED) is 0.316. The number of sulfonamides is 1. The van der Waals surface area contributed by atoms with Crippen molar-refractivity contribution >= 4 is 21.7 Å². The number of hydrogen-bond donors (Lipinski definition) is 4. The molecule has 4 N–H and O–H groups in total. The van der Waals surface area contributed by atoms with E-state index in [0.717, 1.165) is 6.07 Å². The van der Waals surface area contributed by atoms with E-state index in [2.05, 4.69) is 4.72 Å². The number of aliphatic hydroxyl groups is 2. The molecule has 0 unspecified atom stereocenters. The highest BCUT2D eigenvalue weighted by Crippen LogP contribution is 2.37. The molecule has 0 heterocycles. The molecule has 8 nitrogen and oxygen atoms in total. The predicted octanol–water partition coefficient (Wildman–Crippen LogP) is 3.85. The summed E-state index contributed by atoms with van der Waals surface area (Å²) < 4.78 is 74.0. The van der Waals surface area contributed by atoms with Crippen molar-refractivity contribution in [3.63, 3.8) is 0 Å². The largest absolute Gasteiger partial charge is 0.487 e. The Hall–Kier alpha value is -3.61. The van der Waals surface area contributed by atoms with Gasteiger partial charge >= 0.3 is 12.1 Å². The molecular weight excluding hydrogens is 503 g/mol. The fraction of sp³-hybridized carbons (Fsp3) is 0.208. The van der Waals surface area contributed by atoms with Gasteiger partial charge < -0.3 is 20.1 Å². The number of benzene rings is 3. The van der Waals surface area contributed by atoms with Crippen LogP contribution >= 0.6 is 0 Å². The van der Waals surface area contributed by atoms with Crippen molar-refractivity contribution < 1.29 is 46.4 Å². The zero-order valence-corrected chi connectivity index (χ0v) is 19.4. The van der Waals surface area contributed by atoms with Crippen LogP contribution in [0.15, 0.2) is 71.6 Å². The molecule has 36 heavy (non-hydrogen) atoms. The zero-order chi connectivity index (χ0) is 26.5. The Balaban J connectivity index is 1.96. The summed E-state index contributed by atoms with van der Waals surface area (Å²) >= 11 is 0. The van der Waals surface area contributed by atoms with Crippen LogP contribution < -0.4 is 9.46 Å². The normalized spacial score (nSPS) is 11.9. The van der Waals surface area contributed by atoms with Gasteiger partial charge in [-0.2, -0.15) is 13.2 Å². The number of aliphatic hydroxyl groups excluding tert-OH is 2. The van der Waals surface area contributed by atoms with Gasteiger partial charge in [-0.1, -0.05) is 30.3 Å². The summed E-state index contributed by atoms with van der Waals surface area (Å²) in [7, 11) is -4.38. The van der Waals surface area contributed by atoms with Crippen LogP contribution in [0.4, 0.5) is 18.9 Å². The lowest BCUT2D eigenvalue weighted by Gasteiger charge is -2.19. The molecule has 3 rings (SSSR count). The molecule has 0 atom stereocenters. The topological polar surface area (TPSA) is 133 Å². The SMILES string of the molecule is O=C(O)c1ccc(COc2cc(C(F)(F)F)ccc2NS(=O)(=O)c2ccccc2C(CO)CO)cc1. The number of carboxylic acid groups (broad SMARTS) is 1. The third kappa shape index (κ3) is 6.33. The molecule has 0 aliphatic carbocycles. The average molecular weight is 526 g/mol. The van der Waals surface area contributed by atoms with Crippen LogP contribution in [-0.4, -0.2) is 42.9 Å². The smallest absolute Gasteiger partial charge is 0.416 e. The molecule has 192 valence electrons. The van der Waals surface area contributed by atoms with Crippen molar-refractivity contribution in [1.82, 2.24) is 0 Å². The van der Waals surface area contributed by atoms with E-state index in [9.17, 15) is 36.6 Å². The maximum Gasteiger partial charge on any atom is 0.416 e. The first kappa shape index (κ1) is 27.0. The third-order valence-electron chi connectivity index (χ3n) is 5.24. The standard InChI is InChI=1S/C24H22F3NO7S/c25-24(26,27)18-9-10-20(21(11-18)35-14-15-5-7-16(8-6-15)23(31)32)28-36(33,34)22-4-2-1-3-19(22)17(12-29)13-30/h1-11,17,28-30H,12-14H2,(H,31,32). The number of alkyl halides is 3. The van der Waals surface area contributed by atoms with Crippen molar-refractivity contribution in [3.8, 4) is 5.75 Å². The lowest BCUT2D eigenvalue weighted by molar-refractivity contribution is -0.137. The van der Waals surface area contributed by atoms with Crippen LogP contribution in [-0.2, 0) is 22.8 Å². The number of carbonyl (C=O) groups is 1. The highest BCUT2D eigenvalue weighted by atomic mass is 32.2. The molecular formula is C24H22F3NO7S. The second-order valence-electron chi connectivity index (χ2n) is 7.70. The Bertz CT molecular complexity index is 1320. The summed E-state index contributed by atoms with van der Waals surface area (Å²) in [5.74, 6) is -2.45. The second-order valence-corrected chi connectivity index (χ2v) is 9.36. The molecule has 0 saturated heterocycles. The first-order valence-corrected chi connectivity index (χ1v) is 11.9. The first-order valence-electron chi connectivity index (χ1n) is 10.5. The Labute approximate surface area is 204 Å². The summed E-state index contributed by atoms with van der Waals surface area (Å²) in [6.45, 7) is -1.33. The van der Waals surface area contributed by atoms with Gasteiger partial charge in [0.25, 0.3) is 10.0 Å². The van der Waals surface area contributed by atoms with Gasteiger partial charge in [-0.05, 0) is 47.5 Å². The number of hydrogen-bond acceptors (Lipinski definition) is 6. The summed E-state index contributed by atoms with van der Waals surface area (Å²) in [4.78, 5) is 10.7. The van der Waals surface area contributed by atoms with Crippen molar-refractivity contribution in [2.75, 3.05) is 17.9 Å². The molecule has 0 fully saturated rings. The fourth-order valence-electron chi connectivity index (χ4n) is 3.32. The third-order valence-corrected chi connectivity index (χ3v) is 6.68. The second kappa shape index (κ2) is 11.0. The van der Waals surface area contributed by atoms with E-state index in [4.69, 9.17) is 9.84 Å². The highest BCUT2D eigenvalue weighted by Gasteiger charge is 2.32. The van der Waals surface area contributed by atoms with E-state index in [1.54, 1.807) is 0 Å². The van der Waals surface area contributed by atoms with Gasteiger partial charge in [0.15, 0.2) is 0 Å². The number of carboxylic acids is 1. The first-order chi connectivity index (χ1) is 17.0. The molecule has 0 saturated carbocycles. The van der Waals surface area contributed by atoms with E-state index in [0.29, 0.717) is 17.7 Å². The van der Waals surface area contributed by atoms with Gasteiger partial charge in [-0.15, -0.1) is 0 Å². The Morgan fingerprint density at radius 3 is 2.19 bits per heavy atom. The van der Waals surface area contributed by atoms with Gasteiger partial charge in [0.2, 0.25) is 0 Å². The molecule has 0 amide bonds. The Morgan fingerprint density at radius 1 is 0.972 bits per heavy atom. The highest BCUT2D eigenvalue weighted by molar-refractivity contribution is 7.92. The van der Waals surface area contributed by atoms with Crippen molar-refractivity contribution in [3.05, 3.63) is 89.0 Å². The monoisotopic (exact) mass is 525 g/mol. The molecule has 0 bridgehead atoms. The summed E-state index contributed by atoms with van der Waals surface area (Å²) in [5, 5.41) is 28.0. The van der Waals surface area contributed by atoms with Gasteiger partial charge in [-0.3, -0.25) is 4.72 Å². The van der Waals surface area contributed by atoms with Crippen molar-refractivity contribution in [2.24, 2.45) is 0 Å². The molecule has 12 heteroatoms. The number of ether oxygens (including phenoxy) is 1. The van der Waals surface area contributed by atoms with Gasteiger partial charge in [0.1, 0.15) is 12.4 Å². The van der Waals surface area contributed by atoms with Crippen molar-refractivity contribution in [2.45, 2.75) is 23.6 Å². The molecule has 0 aliphatic heterocycles. The van der Waals surface area contributed by atoms with Gasteiger partial charge in [0, 0.05) is 5.92 Å². The van der Waals surface area contributed by atoms with Gasteiger partial charge in [-0.25, -0.2) is 13.2 Å². The number of rotatable bonds is 10. The van der Waals surface area contributed by atoms with Crippen molar-refractivity contribution in [1.29, 1.82) is 0 Å². The van der Waals surface area contributed by atoms with E-state index in [1.807, 2.05) is 0 Å². The minimum Gasteiger partial charge on any atom is -0.487 e. The van der Waals surface area contributed by atoms with Crippen LogP contribution in [0.2, 0.25) is 0 Å². The van der Waals surface area contributed by atoms with E-state index in [1.165, 1.54) is 48.5 Å². The Kier molecular flexibility index (Phi) is 8.23.